The fraction of sp³-hybridized carbons (Fsp3) is 0.548. The summed E-state index contributed by atoms with van der Waals surface area (Å²) >= 11 is 0. The minimum atomic E-state index is -5.05. The third-order valence-electron chi connectivity index (χ3n) is 9.02. The van der Waals surface area contributed by atoms with Gasteiger partial charge >= 0.3 is 12.4 Å². The normalized spacial score (nSPS) is 22.6. The van der Waals surface area contributed by atoms with Crippen LogP contribution < -0.4 is 0 Å². The number of carbonyl (C=O) groups excluding carboxylic acids is 2. The van der Waals surface area contributed by atoms with Crippen LogP contribution in [0, 0.1) is 12.7 Å². The minimum Gasteiger partial charge on any atom is -0.341 e. The van der Waals surface area contributed by atoms with Gasteiger partial charge in [0.2, 0.25) is 11.8 Å². The number of carbonyl (C=O) groups is 2. The van der Waals surface area contributed by atoms with Crippen molar-refractivity contribution in [1.82, 2.24) is 14.7 Å². The summed E-state index contributed by atoms with van der Waals surface area (Å²) in [5, 5.41) is 0. The lowest BCUT2D eigenvalue weighted by molar-refractivity contribution is -0.145. The highest BCUT2D eigenvalue weighted by Crippen LogP contribution is 2.41. The molecule has 2 aromatic rings. The van der Waals surface area contributed by atoms with Gasteiger partial charge in [-0.3, -0.25) is 14.5 Å². The second-order valence-electron chi connectivity index (χ2n) is 12.2. The van der Waals surface area contributed by atoms with Gasteiger partial charge < -0.3 is 9.80 Å². The molecule has 2 aromatic carbocycles. The molecule has 236 valence electrons. The lowest BCUT2D eigenvalue weighted by Crippen LogP contribution is -2.59. The van der Waals surface area contributed by atoms with E-state index >= 15 is 0 Å². The average Bonchev–Trinajstić information content (AvgIpc) is 2.92. The summed E-state index contributed by atoms with van der Waals surface area (Å²) in [5.41, 5.74) is -3.69. The Labute approximate surface area is 246 Å². The van der Waals surface area contributed by atoms with Gasteiger partial charge in [0.05, 0.1) is 22.7 Å². The van der Waals surface area contributed by atoms with Crippen molar-refractivity contribution in [2.75, 3.05) is 27.2 Å². The van der Waals surface area contributed by atoms with Gasteiger partial charge in [0, 0.05) is 45.6 Å². The zero-order valence-corrected chi connectivity index (χ0v) is 24.7. The number of likely N-dealkylation sites (tertiary alicyclic amines) is 2. The molecule has 2 aliphatic rings. The minimum absolute atomic E-state index is 0.0289. The Morgan fingerprint density at radius 3 is 2.07 bits per heavy atom. The van der Waals surface area contributed by atoms with Crippen LogP contribution >= 0.6 is 0 Å². The highest BCUT2D eigenvalue weighted by Gasteiger charge is 2.45. The maximum Gasteiger partial charge on any atom is 0.416 e. The molecule has 5 nitrogen and oxygen atoms in total. The number of piperidine rings is 2. The zero-order valence-electron chi connectivity index (χ0n) is 24.7. The number of nitrogens with zero attached hydrogens (tertiary/aromatic N) is 3. The Bertz CT molecular complexity index is 1340. The molecule has 0 bridgehead atoms. The number of rotatable bonds is 5. The fourth-order valence-corrected chi connectivity index (χ4v) is 6.49. The van der Waals surface area contributed by atoms with Crippen LogP contribution in [0.25, 0.3) is 0 Å². The summed E-state index contributed by atoms with van der Waals surface area (Å²) < 4.78 is 95.7. The van der Waals surface area contributed by atoms with Gasteiger partial charge in [0.15, 0.2) is 0 Å². The summed E-state index contributed by atoms with van der Waals surface area (Å²) in [5.74, 6) is -1.41. The number of alkyl halides is 6. The summed E-state index contributed by atoms with van der Waals surface area (Å²) in [6, 6.07) is 5.10. The van der Waals surface area contributed by atoms with E-state index < -0.39 is 52.2 Å². The molecule has 2 heterocycles. The van der Waals surface area contributed by atoms with Gasteiger partial charge in [-0.2, -0.15) is 26.3 Å². The second kappa shape index (κ2) is 11.7. The molecule has 2 amide bonds. The molecule has 12 heteroatoms. The highest BCUT2D eigenvalue weighted by atomic mass is 19.4. The predicted molar refractivity (Wildman–Crippen MR) is 147 cm³/mol. The van der Waals surface area contributed by atoms with Gasteiger partial charge in [-0.05, 0) is 87.1 Å². The molecular formula is C31H36F7N3O2. The van der Waals surface area contributed by atoms with Gasteiger partial charge in [0.25, 0.3) is 0 Å². The molecule has 0 spiro atoms. The topological polar surface area (TPSA) is 43.9 Å². The van der Waals surface area contributed by atoms with E-state index in [0.717, 1.165) is 18.4 Å². The second-order valence-corrected chi connectivity index (χ2v) is 12.2. The van der Waals surface area contributed by atoms with Crippen molar-refractivity contribution >= 4 is 11.8 Å². The van der Waals surface area contributed by atoms with Gasteiger partial charge in [-0.1, -0.05) is 6.07 Å². The molecule has 3 atom stereocenters. The van der Waals surface area contributed by atoms with Crippen molar-refractivity contribution in [3.63, 3.8) is 0 Å². The summed E-state index contributed by atoms with van der Waals surface area (Å²) in [6.45, 7) is 5.30. The Balaban J connectivity index is 1.71. The monoisotopic (exact) mass is 615 g/mol. The van der Waals surface area contributed by atoms with Crippen molar-refractivity contribution in [2.24, 2.45) is 0 Å². The molecule has 0 N–H and O–H groups in total. The third-order valence-corrected chi connectivity index (χ3v) is 9.02. The number of hydrogen-bond acceptors (Lipinski definition) is 3. The highest BCUT2D eigenvalue weighted by molar-refractivity contribution is 5.87. The first-order valence-corrected chi connectivity index (χ1v) is 14.2. The number of halogens is 7. The van der Waals surface area contributed by atoms with Crippen LogP contribution in [0.3, 0.4) is 0 Å². The number of hydrogen-bond donors (Lipinski definition) is 0. The summed E-state index contributed by atoms with van der Waals surface area (Å²) in [7, 11) is 3.25. The van der Waals surface area contributed by atoms with Crippen LogP contribution in [0.1, 0.15) is 73.3 Å². The van der Waals surface area contributed by atoms with E-state index in [0.29, 0.717) is 43.6 Å². The molecule has 0 unspecified atom stereocenters. The Kier molecular flexibility index (Phi) is 8.94. The summed E-state index contributed by atoms with van der Waals surface area (Å²) in [6.07, 6.45) is -7.87. The SMILES string of the molecule is Cc1cc(F)ccc1[C@H]1CN([C@@H]2CCCC(=O)N2C)CC[C@@H]1N(C)C(=O)C(C)(C)c1cc(C(F)(F)F)cc(C(F)(F)F)c1. The first-order valence-electron chi connectivity index (χ1n) is 14.2. The van der Waals surface area contributed by atoms with E-state index in [2.05, 4.69) is 4.90 Å². The maximum atomic E-state index is 14.1. The number of benzene rings is 2. The number of amides is 2. The number of likely N-dealkylation sites (N-methyl/N-ethyl adjacent to an activating group) is 1. The number of aryl methyl sites for hydroxylation is 1. The first-order chi connectivity index (χ1) is 19.8. The van der Waals surface area contributed by atoms with E-state index in [1.54, 1.807) is 24.9 Å². The standard InChI is InChI=1S/C31H36F7N3O2/c1-18-13-22(32)9-10-23(18)24-17-41(26-7-6-8-27(42)40(26)5)12-11-25(24)39(4)28(43)29(2,3)19-14-20(30(33,34)35)16-21(15-19)31(36,37)38/h9-10,13-16,24-26H,6-8,11-12,17H2,1-5H3/t24-,25+,26-/m1/s1. The van der Waals surface area contributed by atoms with Crippen molar-refractivity contribution in [1.29, 1.82) is 0 Å². The van der Waals surface area contributed by atoms with Crippen molar-refractivity contribution in [3.8, 4) is 0 Å². The molecule has 2 saturated heterocycles. The van der Waals surface area contributed by atoms with E-state index in [1.807, 2.05) is 0 Å². The van der Waals surface area contributed by atoms with Crippen molar-refractivity contribution < 1.29 is 40.3 Å². The molecule has 0 saturated carbocycles. The fourth-order valence-electron chi connectivity index (χ4n) is 6.49. The Morgan fingerprint density at radius 2 is 1.51 bits per heavy atom. The van der Waals surface area contributed by atoms with Crippen LogP contribution in [0.15, 0.2) is 36.4 Å². The quantitative estimate of drug-likeness (QED) is 0.351. The molecule has 0 aromatic heterocycles. The average molecular weight is 616 g/mol. The van der Waals surface area contributed by atoms with Crippen LogP contribution in [0.2, 0.25) is 0 Å². The predicted octanol–water partition coefficient (Wildman–Crippen LogP) is 6.73. The maximum absolute atomic E-state index is 14.1. The first kappa shape index (κ1) is 32.8. The Hall–Kier alpha value is -3.15. The molecule has 0 radical (unpaired) electrons. The van der Waals surface area contributed by atoms with E-state index in [1.165, 1.54) is 37.9 Å². The van der Waals surface area contributed by atoms with Crippen LogP contribution in [0.4, 0.5) is 30.7 Å². The zero-order chi connectivity index (χ0) is 32.1. The smallest absolute Gasteiger partial charge is 0.341 e. The van der Waals surface area contributed by atoms with E-state index in [4.69, 9.17) is 0 Å². The van der Waals surface area contributed by atoms with Gasteiger partial charge in [-0.25, -0.2) is 4.39 Å². The molecular weight excluding hydrogens is 579 g/mol. The largest absolute Gasteiger partial charge is 0.416 e. The van der Waals surface area contributed by atoms with Gasteiger partial charge in [0.1, 0.15) is 5.82 Å². The van der Waals surface area contributed by atoms with Crippen molar-refractivity contribution in [3.05, 3.63) is 70.0 Å². The molecule has 43 heavy (non-hydrogen) atoms. The lowest BCUT2D eigenvalue weighted by atomic mass is 9.78. The molecule has 2 fully saturated rings. The van der Waals surface area contributed by atoms with Crippen LogP contribution in [-0.4, -0.2) is 65.9 Å². The van der Waals surface area contributed by atoms with E-state index in [9.17, 15) is 40.3 Å². The van der Waals surface area contributed by atoms with Crippen molar-refractivity contribution in [2.45, 2.75) is 82.3 Å². The lowest BCUT2D eigenvalue weighted by Gasteiger charge is -2.49. The third kappa shape index (κ3) is 6.68. The van der Waals surface area contributed by atoms with Crippen LogP contribution in [-0.2, 0) is 27.4 Å². The van der Waals surface area contributed by atoms with Gasteiger partial charge in [-0.15, -0.1) is 0 Å². The Morgan fingerprint density at radius 1 is 0.930 bits per heavy atom. The van der Waals surface area contributed by atoms with E-state index in [-0.39, 0.29) is 24.1 Å². The van der Waals surface area contributed by atoms with Crippen LogP contribution in [0.5, 0.6) is 0 Å². The molecule has 0 aliphatic carbocycles. The molecule has 2 aliphatic heterocycles. The summed E-state index contributed by atoms with van der Waals surface area (Å²) in [4.78, 5) is 31.7. The molecule has 4 rings (SSSR count).